The van der Waals surface area contributed by atoms with Crippen molar-refractivity contribution in [1.82, 2.24) is 4.58 Å². The predicted octanol–water partition coefficient (Wildman–Crippen LogP) is 5.47. The Hall–Kier alpha value is -2.88. The van der Waals surface area contributed by atoms with Crippen molar-refractivity contribution in [1.29, 1.82) is 0 Å². The molecule has 0 unspecified atom stereocenters. The number of ether oxygens (including phenoxy) is 1. The number of likely N-dealkylation sites (N-methyl/N-ethyl adjacent to an activating group) is 2. The summed E-state index contributed by atoms with van der Waals surface area (Å²) in [5, 5.41) is 2.13. The molecule has 2 aromatic rings. The first-order chi connectivity index (χ1) is 15.1. The highest BCUT2D eigenvalue weighted by Gasteiger charge is 2.34. The van der Waals surface area contributed by atoms with Crippen LogP contribution in [0, 0.1) is 0 Å². The van der Waals surface area contributed by atoms with Crippen molar-refractivity contribution in [2.24, 2.45) is 4.99 Å². The van der Waals surface area contributed by atoms with E-state index in [0.717, 1.165) is 35.6 Å². The topological polar surface area (TPSA) is 27.8 Å². The molecule has 0 aliphatic carbocycles. The summed E-state index contributed by atoms with van der Waals surface area (Å²) in [6, 6.07) is 8.76. The molecule has 5 rings (SSSR count). The van der Waals surface area contributed by atoms with Gasteiger partial charge in [-0.2, -0.15) is 0 Å². The van der Waals surface area contributed by atoms with Crippen LogP contribution in [0.2, 0.25) is 0 Å². The third kappa shape index (κ3) is 2.96. The number of nitrogens with zero attached hydrogens (tertiary/aromatic N) is 3. The Morgan fingerprint density at radius 3 is 2.31 bits per heavy atom. The van der Waals surface area contributed by atoms with Crippen LogP contribution < -0.4 is 24.9 Å². The molecule has 0 aromatic heterocycles. The van der Waals surface area contributed by atoms with E-state index < -0.39 is 0 Å². The van der Waals surface area contributed by atoms with E-state index >= 15 is 0 Å². The van der Waals surface area contributed by atoms with E-state index in [1.165, 1.54) is 33.3 Å². The van der Waals surface area contributed by atoms with Gasteiger partial charge in [-0.1, -0.05) is 6.08 Å². The Balaban J connectivity index is 1.74. The van der Waals surface area contributed by atoms with E-state index in [9.17, 15) is 0 Å². The van der Waals surface area contributed by atoms with Gasteiger partial charge in [0.15, 0.2) is 17.0 Å². The fraction of sp³-hybridized carbons (Fsp3) is 0.429. The van der Waals surface area contributed by atoms with Crippen LogP contribution in [0.3, 0.4) is 0 Å². The minimum absolute atomic E-state index is 0.0278. The molecular formula is C28H34N3O+. The molecule has 0 bridgehead atoms. The fourth-order valence-corrected chi connectivity index (χ4v) is 5.93. The van der Waals surface area contributed by atoms with Gasteiger partial charge in [0.1, 0.15) is 17.6 Å². The summed E-state index contributed by atoms with van der Waals surface area (Å²) in [4.78, 5) is 7.49. The summed E-state index contributed by atoms with van der Waals surface area (Å²) in [5.74, 6) is 1.68. The molecule has 0 saturated carbocycles. The average Bonchev–Trinajstić information content (AvgIpc) is 2.69. The van der Waals surface area contributed by atoms with Gasteiger partial charge in [-0.05, 0) is 70.9 Å². The summed E-state index contributed by atoms with van der Waals surface area (Å²) < 4.78 is 8.96. The molecule has 0 spiro atoms. The molecule has 3 aliphatic rings. The summed E-state index contributed by atoms with van der Waals surface area (Å²) in [6.45, 7) is 19.8. The highest BCUT2D eigenvalue weighted by atomic mass is 16.5. The molecule has 0 atom stereocenters. The van der Waals surface area contributed by atoms with Crippen molar-refractivity contribution in [2.45, 2.75) is 66.5 Å². The number of hydrogen-bond donors (Lipinski definition) is 0. The third-order valence-corrected chi connectivity index (χ3v) is 7.21. The smallest absolute Gasteiger partial charge is 0.212 e. The zero-order valence-corrected chi connectivity index (χ0v) is 20.6. The van der Waals surface area contributed by atoms with Gasteiger partial charge in [0.25, 0.3) is 0 Å². The molecule has 0 amide bonds. The second-order valence-electron chi connectivity index (χ2n) is 10.3. The van der Waals surface area contributed by atoms with Crippen molar-refractivity contribution < 1.29 is 4.74 Å². The minimum atomic E-state index is -0.0278. The summed E-state index contributed by atoms with van der Waals surface area (Å²) in [6.07, 6.45) is 4.71. The number of fused-ring (bicyclic) bond motifs is 4. The van der Waals surface area contributed by atoms with Gasteiger partial charge in [-0.3, -0.25) is 0 Å². The van der Waals surface area contributed by atoms with E-state index in [2.05, 4.69) is 101 Å². The van der Waals surface area contributed by atoms with Gasteiger partial charge in [0.05, 0.1) is 17.2 Å². The molecule has 166 valence electrons. The maximum absolute atomic E-state index is 6.52. The molecule has 0 saturated heterocycles. The van der Waals surface area contributed by atoms with Crippen LogP contribution in [0.25, 0.3) is 11.1 Å². The Labute approximate surface area is 191 Å². The summed E-state index contributed by atoms with van der Waals surface area (Å²) in [7, 11) is 0. The molecule has 4 heteroatoms. The van der Waals surface area contributed by atoms with Gasteiger partial charge in [-0.15, -0.1) is 0 Å². The first-order valence-corrected chi connectivity index (χ1v) is 11.8. The SMILES string of the molecule is CCN1c2cc3c(cc2C(C)=CC1(C)C)N=c1cc2c(cc1O3)=[N+](CC)C(C)(C)C=C2C. The lowest BCUT2D eigenvalue weighted by Crippen LogP contribution is -2.49. The highest BCUT2D eigenvalue weighted by Crippen LogP contribution is 2.46. The minimum Gasteiger partial charge on any atom is -0.452 e. The summed E-state index contributed by atoms with van der Waals surface area (Å²) in [5.41, 5.74) is 7.15. The largest absolute Gasteiger partial charge is 0.452 e. The molecule has 3 heterocycles. The number of allylic oxidation sites excluding steroid dienone is 2. The van der Waals surface area contributed by atoms with E-state index in [4.69, 9.17) is 9.73 Å². The molecular weight excluding hydrogens is 394 g/mol. The maximum atomic E-state index is 6.52. The van der Waals surface area contributed by atoms with Gasteiger partial charge in [0, 0.05) is 37.7 Å². The number of anilines is 1. The van der Waals surface area contributed by atoms with Gasteiger partial charge >= 0.3 is 0 Å². The Morgan fingerprint density at radius 1 is 0.906 bits per heavy atom. The fourth-order valence-electron chi connectivity index (χ4n) is 5.93. The molecule has 4 nitrogen and oxygen atoms in total. The van der Waals surface area contributed by atoms with E-state index in [1.807, 2.05) is 0 Å². The van der Waals surface area contributed by atoms with Crippen molar-refractivity contribution >= 4 is 22.5 Å². The molecule has 0 radical (unpaired) electrons. The zero-order chi connectivity index (χ0) is 23.0. The second kappa shape index (κ2) is 6.81. The second-order valence-corrected chi connectivity index (χ2v) is 10.3. The summed E-state index contributed by atoms with van der Waals surface area (Å²) >= 11 is 0. The Morgan fingerprint density at radius 2 is 1.62 bits per heavy atom. The van der Waals surface area contributed by atoms with Crippen LogP contribution in [0.1, 0.15) is 66.5 Å². The first kappa shape index (κ1) is 21.0. The van der Waals surface area contributed by atoms with Crippen LogP contribution in [-0.2, 0) is 0 Å². The van der Waals surface area contributed by atoms with Crippen LogP contribution in [0.5, 0.6) is 11.5 Å². The van der Waals surface area contributed by atoms with Crippen LogP contribution in [0.15, 0.2) is 41.4 Å². The van der Waals surface area contributed by atoms with E-state index in [1.54, 1.807) is 0 Å². The zero-order valence-electron chi connectivity index (χ0n) is 20.6. The van der Waals surface area contributed by atoms with Gasteiger partial charge < -0.3 is 9.64 Å². The average molecular weight is 429 g/mol. The monoisotopic (exact) mass is 428 g/mol. The predicted molar refractivity (Wildman–Crippen MR) is 134 cm³/mol. The van der Waals surface area contributed by atoms with E-state index in [-0.39, 0.29) is 11.1 Å². The Kier molecular flexibility index (Phi) is 4.47. The van der Waals surface area contributed by atoms with Crippen molar-refractivity contribution in [3.63, 3.8) is 0 Å². The lowest BCUT2D eigenvalue weighted by atomic mass is 9.88. The number of rotatable bonds is 2. The first-order valence-electron chi connectivity index (χ1n) is 11.8. The highest BCUT2D eigenvalue weighted by molar-refractivity contribution is 5.85. The van der Waals surface area contributed by atoms with Crippen LogP contribution in [-0.4, -0.2) is 24.2 Å². The maximum Gasteiger partial charge on any atom is 0.212 e. The van der Waals surface area contributed by atoms with Gasteiger partial charge in [-0.25, -0.2) is 9.57 Å². The lowest BCUT2D eigenvalue weighted by molar-refractivity contribution is 0.399. The molecule has 3 aliphatic heterocycles. The van der Waals surface area contributed by atoms with Crippen LogP contribution in [0.4, 0.5) is 11.4 Å². The lowest BCUT2D eigenvalue weighted by Gasteiger charge is -2.43. The van der Waals surface area contributed by atoms with Crippen molar-refractivity contribution in [3.05, 3.63) is 58.3 Å². The molecule has 32 heavy (non-hydrogen) atoms. The van der Waals surface area contributed by atoms with E-state index in [0.29, 0.717) is 0 Å². The number of hydrogen-bond acceptors (Lipinski definition) is 3. The molecule has 0 fully saturated rings. The molecule has 0 N–H and O–H groups in total. The van der Waals surface area contributed by atoms with Gasteiger partial charge in [0.2, 0.25) is 5.36 Å². The van der Waals surface area contributed by atoms with Crippen molar-refractivity contribution in [3.8, 4) is 11.5 Å². The van der Waals surface area contributed by atoms with Crippen LogP contribution >= 0.6 is 0 Å². The standard InChI is InChI=1S/C28H34N3O/c1-9-30-23-13-25-21(11-19(23)17(3)15-27(30,5)6)29-22-12-20-18(4)16-28(7,8)31(10-2)24(20)14-26(22)32-25/h11-16H,9-10H2,1-8H3/q+1. The molecule has 2 aromatic carbocycles. The number of benzene rings is 2. The normalized spacial score (nSPS) is 19.5. The van der Waals surface area contributed by atoms with Crippen molar-refractivity contribution in [2.75, 3.05) is 18.0 Å². The Bertz CT molecular complexity index is 1340. The third-order valence-electron chi connectivity index (χ3n) is 7.21. The quantitative estimate of drug-likeness (QED) is 0.506.